The minimum absolute atomic E-state index is 0.217. The predicted octanol–water partition coefficient (Wildman–Crippen LogP) is 9.68. The quantitative estimate of drug-likeness (QED) is 0.0700. The maximum absolute atomic E-state index is 12.2. The molecule has 44 heavy (non-hydrogen) atoms. The van der Waals surface area contributed by atoms with Crippen molar-refractivity contribution in [3.8, 4) is 0 Å². The van der Waals surface area contributed by atoms with E-state index in [9.17, 15) is 9.59 Å². The lowest BCUT2D eigenvalue weighted by Crippen LogP contribution is -2.19. The molecule has 0 rings (SSSR count). The summed E-state index contributed by atoms with van der Waals surface area (Å²) < 4.78 is 10.8. The van der Waals surface area contributed by atoms with Gasteiger partial charge in [0.15, 0.2) is 0 Å². The molecule has 0 heterocycles. The Labute approximate surface area is 284 Å². The lowest BCUT2D eigenvalue weighted by atomic mass is 10.1. The van der Waals surface area contributed by atoms with Crippen molar-refractivity contribution in [2.75, 3.05) is 36.2 Å². The van der Waals surface area contributed by atoms with E-state index in [0.717, 1.165) is 0 Å². The molecule has 0 aliphatic carbocycles. The first-order chi connectivity index (χ1) is 19.8. The zero-order valence-corrected chi connectivity index (χ0v) is 32.9. The highest BCUT2D eigenvalue weighted by Crippen LogP contribution is 2.32. The summed E-state index contributed by atoms with van der Waals surface area (Å²) in [6.07, 6.45) is 0.657. The van der Waals surface area contributed by atoms with Crippen LogP contribution >= 0.6 is 47.0 Å². The lowest BCUT2D eigenvalue weighted by molar-refractivity contribution is -0.143. The number of hydrogen-bond donors (Lipinski definition) is 0. The van der Waals surface area contributed by atoms with Crippen molar-refractivity contribution in [3.05, 3.63) is 0 Å². The van der Waals surface area contributed by atoms with Crippen LogP contribution in [0.2, 0.25) is 0 Å². The Balaban J connectivity index is 4.29. The number of nitrogens with zero attached hydrogens (tertiary/aromatic N) is 6. The fourth-order valence-electron chi connectivity index (χ4n) is 2.70. The van der Waals surface area contributed by atoms with Gasteiger partial charge in [0.25, 0.3) is 0 Å². The largest absolute Gasteiger partial charge is 0.465 e. The van der Waals surface area contributed by atoms with Crippen LogP contribution in [0.25, 0.3) is 0 Å². The number of hydrogen-bond acceptors (Lipinski definition) is 14. The third-order valence-electron chi connectivity index (χ3n) is 4.84. The van der Waals surface area contributed by atoms with Crippen molar-refractivity contribution in [2.45, 2.75) is 140 Å². The van der Waals surface area contributed by atoms with Crippen molar-refractivity contribution < 1.29 is 19.1 Å². The first kappa shape index (κ1) is 43.1. The number of thioether (sulfide) groups is 4. The monoisotopic (exact) mass is 694 g/mol. The van der Waals surface area contributed by atoms with Gasteiger partial charge in [-0.3, -0.25) is 9.59 Å². The summed E-state index contributed by atoms with van der Waals surface area (Å²) in [6.45, 7) is 28.6. The highest BCUT2D eigenvalue weighted by atomic mass is 32.2. The Morgan fingerprint density at radius 1 is 0.432 bits per heavy atom. The van der Waals surface area contributed by atoms with Gasteiger partial charge in [-0.2, -0.15) is 30.7 Å². The van der Waals surface area contributed by atoms with E-state index >= 15 is 0 Å². The summed E-state index contributed by atoms with van der Waals surface area (Å²) in [5.74, 6) is 2.05. The maximum Gasteiger partial charge on any atom is 0.306 e. The smallest absolute Gasteiger partial charge is 0.306 e. The second-order valence-electron chi connectivity index (χ2n) is 14.1. The Morgan fingerprint density at radius 3 is 0.955 bits per heavy atom. The van der Waals surface area contributed by atoms with E-state index in [1.807, 2.05) is 96.9 Å². The van der Waals surface area contributed by atoms with Crippen LogP contribution in [-0.2, 0) is 19.1 Å². The Morgan fingerprint density at radius 2 is 0.682 bits per heavy atom. The molecule has 0 aromatic rings. The third-order valence-corrected chi connectivity index (χ3v) is 9.55. The van der Waals surface area contributed by atoms with Gasteiger partial charge in [0.2, 0.25) is 0 Å². The van der Waals surface area contributed by atoms with Gasteiger partial charge >= 0.3 is 11.9 Å². The van der Waals surface area contributed by atoms with Crippen LogP contribution in [0.5, 0.6) is 0 Å². The predicted molar refractivity (Wildman–Crippen MR) is 191 cm³/mol. The molecule has 0 aliphatic rings. The van der Waals surface area contributed by atoms with E-state index in [1.165, 1.54) is 0 Å². The molecule has 14 heteroatoms. The number of carbonyl (C=O) groups is 2. The minimum atomic E-state index is -0.466. The average molecular weight is 695 g/mol. The van der Waals surface area contributed by atoms with Crippen molar-refractivity contribution in [1.82, 2.24) is 0 Å². The molecule has 0 spiro atoms. The molecule has 0 N–H and O–H groups in total. The van der Waals surface area contributed by atoms with Crippen LogP contribution in [0.1, 0.15) is 110 Å². The summed E-state index contributed by atoms with van der Waals surface area (Å²) in [7, 11) is 0. The summed E-state index contributed by atoms with van der Waals surface area (Å²) in [5.41, 5.74) is -0.434. The third kappa shape index (κ3) is 26.4. The summed E-state index contributed by atoms with van der Waals surface area (Å²) in [6, 6.07) is 0. The van der Waals surface area contributed by atoms with Crippen LogP contribution in [0.4, 0.5) is 0 Å². The van der Waals surface area contributed by atoms with Gasteiger partial charge in [0, 0.05) is 23.0 Å². The maximum atomic E-state index is 12.2. The highest BCUT2D eigenvalue weighted by molar-refractivity contribution is 8.01. The molecule has 0 unspecified atom stereocenters. The second kappa shape index (κ2) is 19.1. The molecular weight excluding hydrogens is 637 g/mol. The zero-order chi connectivity index (χ0) is 34.3. The Hall–Kier alpha value is -0.860. The number of ether oxygens (including phenoxy) is 2. The van der Waals surface area contributed by atoms with E-state index in [4.69, 9.17) is 9.47 Å². The molecule has 256 valence electrons. The lowest BCUT2D eigenvalue weighted by Gasteiger charge is -2.22. The van der Waals surface area contributed by atoms with Gasteiger partial charge in [0.05, 0.1) is 23.9 Å². The molecule has 0 amide bonds. The molecule has 0 atom stereocenters. The van der Waals surface area contributed by atoms with Crippen molar-refractivity contribution >= 4 is 59.0 Å². The average Bonchev–Trinajstić information content (AvgIpc) is 2.85. The van der Waals surface area contributed by atoms with Gasteiger partial charge in [0.1, 0.15) is 32.7 Å². The molecule has 0 aromatic heterocycles. The van der Waals surface area contributed by atoms with Crippen LogP contribution in [0.3, 0.4) is 0 Å². The zero-order valence-electron chi connectivity index (χ0n) is 29.6. The van der Waals surface area contributed by atoms with Crippen LogP contribution < -0.4 is 0 Å². The molecule has 0 aliphatic heterocycles. The second-order valence-corrected chi connectivity index (χ2v) is 20.8. The number of rotatable bonds is 20. The molecular formula is C30H58N6O4S4. The van der Waals surface area contributed by atoms with Crippen molar-refractivity contribution in [2.24, 2.45) is 30.7 Å². The number of carbonyl (C=O) groups excluding carboxylic acids is 2. The summed E-state index contributed by atoms with van der Waals surface area (Å²) >= 11 is 6.33. The van der Waals surface area contributed by atoms with Crippen molar-refractivity contribution in [1.29, 1.82) is 0 Å². The SMILES string of the molecule is CC(C)(C)/N=N/C(C)(C)SCCC(=O)OCCSC(C)(C)/N=N/C(C)(C)SCCOC(=O)CCSC(C)(C)/N=N/C(C)(C)C. The van der Waals surface area contributed by atoms with Gasteiger partial charge in [-0.1, -0.05) is 0 Å². The highest BCUT2D eigenvalue weighted by Gasteiger charge is 2.24. The molecule has 0 fully saturated rings. The first-order valence-corrected chi connectivity index (χ1v) is 19.0. The van der Waals surface area contributed by atoms with Crippen molar-refractivity contribution in [3.63, 3.8) is 0 Å². The Kier molecular flexibility index (Phi) is 18.7. The molecule has 0 saturated heterocycles. The molecule has 0 saturated carbocycles. The molecule has 0 bridgehead atoms. The summed E-state index contributed by atoms with van der Waals surface area (Å²) in [5, 5.41) is 26.5. The van der Waals surface area contributed by atoms with Crippen LogP contribution in [-0.4, -0.2) is 78.7 Å². The molecule has 10 nitrogen and oxygen atoms in total. The standard InChI is InChI=1S/C30H58N6O4S4/c1-25(2,3)31-33-27(7,8)41-19-15-23(37)39-17-21-43-29(11,12)35-36-30(13,14)44-22-18-40-24(38)16-20-42-28(9,10)34-32-26(4,5)6/h15-22H2,1-14H3/b33-31+,34-32+,36-35+. The van der Waals surface area contributed by atoms with Crippen LogP contribution in [0, 0.1) is 0 Å². The molecule has 0 aromatic carbocycles. The fourth-order valence-corrected chi connectivity index (χ4v) is 5.97. The van der Waals surface area contributed by atoms with E-state index in [1.54, 1.807) is 47.0 Å². The number of azo groups is 3. The fraction of sp³-hybridized carbons (Fsp3) is 0.933. The van der Waals surface area contributed by atoms with E-state index in [2.05, 4.69) is 30.7 Å². The Bertz CT molecular complexity index is 896. The summed E-state index contributed by atoms with van der Waals surface area (Å²) in [4.78, 5) is 22.6. The normalized spacial score (nSPS) is 14.2. The van der Waals surface area contributed by atoms with E-state index < -0.39 is 9.74 Å². The van der Waals surface area contributed by atoms with Gasteiger partial charge < -0.3 is 9.47 Å². The van der Waals surface area contributed by atoms with Gasteiger partial charge in [-0.05, 0) is 96.9 Å². The van der Waals surface area contributed by atoms with E-state index in [-0.39, 0.29) is 32.8 Å². The minimum Gasteiger partial charge on any atom is -0.465 e. The number of esters is 2. The first-order valence-electron chi connectivity index (χ1n) is 15.0. The van der Waals surface area contributed by atoms with Gasteiger partial charge in [-0.15, -0.1) is 47.0 Å². The van der Waals surface area contributed by atoms with E-state index in [0.29, 0.717) is 49.1 Å². The topological polar surface area (TPSA) is 127 Å². The van der Waals surface area contributed by atoms with Gasteiger partial charge in [-0.25, -0.2) is 0 Å². The van der Waals surface area contributed by atoms with Crippen LogP contribution in [0.15, 0.2) is 30.7 Å². The molecule has 0 radical (unpaired) electrons.